The monoisotopic (exact) mass is 278 g/mol. The van der Waals surface area contributed by atoms with Crippen molar-refractivity contribution in [3.8, 4) is 0 Å². The molecule has 20 heavy (non-hydrogen) atoms. The minimum Gasteiger partial charge on any atom is -0.356 e. The molecule has 1 aromatic heterocycles. The van der Waals surface area contributed by atoms with Crippen LogP contribution in [0.5, 0.6) is 0 Å². The zero-order valence-corrected chi connectivity index (χ0v) is 12.6. The number of rotatable bonds is 6. The average Bonchev–Trinajstić information content (AvgIpc) is 2.85. The van der Waals surface area contributed by atoms with E-state index in [1.165, 1.54) is 12.8 Å². The van der Waals surface area contributed by atoms with Crippen molar-refractivity contribution >= 4 is 5.91 Å². The third kappa shape index (κ3) is 4.63. The molecule has 0 radical (unpaired) electrons. The Balaban J connectivity index is 1.64. The van der Waals surface area contributed by atoms with E-state index in [0.717, 1.165) is 25.1 Å². The smallest absolute Gasteiger partial charge is 0.220 e. The molecule has 0 bridgehead atoms. The van der Waals surface area contributed by atoms with E-state index in [1.807, 2.05) is 19.4 Å². The number of nitrogens with zero attached hydrogens (tertiary/aromatic N) is 2. The van der Waals surface area contributed by atoms with Gasteiger partial charge in [-0.05, 0) is 49.8 Å². The van der Waals surface area contributed by atoms with Gasteiger partial charge in [0.15, 0.2) is 0 Å². The molecule has 0 spiro atoms. The summed E-state index contributed by atoms with van der Waals surface area (Å²) in [7, 11) is 1.90. The van der Waals surface area contributed by atoms with Gasteiger partial charge in [0.1, 0.15) is 0 Å². The molecule has 1 fully saturated rings. The SMILES string of the molecule is CC(CC(=O)NCCc1cnn(C)c1)C1CCCNC1. The molecule has 112 valence electrons. The molecule has 0 aliphatic carbocycles. The van der Waals surface area contributed by atoms with Crippen molar-refractivity contribution in [3.63, 3.8) is 0 Å². The molecule has 5 nitrogen and oxygen atoms in total. The lowest BCUT2D eigenvalue weighted by Crippen LogP contribution is -2.35. The van der Waals surface area contributed by atoms with Crippen LogP contribution in [0.1, 0.15) is 31.7 Å². The molecule has 0 saturated carbocycles. The molecule has 2 heterocycles. The number of amides is 1. The van der Waals surface area contributed by atoms with E-state index in [1.54, 1.807) is 4.68 Å². The predicted molar refractivity (Wildman–Crippen MR) is 79.3 cm³/mol. The van der Waals surface area contributed by atoms with Gasteiger partial charge in [0.25, 0.3) is 0 Å². The molecule has 2 unspecified atom stereocenters. The van der Waals surface area contributed by atoms with Crippen LogP contribution in [-0.4, -0.2) is 35.3 Å². The van der Waals surface area contributed by atoms with Gasteiger partial charge >= 0.3 is 0 Å². The number of aromatic nitrogens is 2. The molecule has 5 heteroatoms. The molecule has 2 rings (SSSR count). The molecular weight excluding hydrogens is 252 g/mol. The molecule has 0 aromatic carbocycles. The fraction of sp³-hybridized carbons (Fsp3) is 0.733. The Bertz CT molecular complexity index is 423. The van der Waals surface area contributed by atoms with Crippen molar-refractivity contribution < 1.29 is 4.79 Å². The maximum Gasteiger partial charge on any atom is 0.220 e. The Kier molecular flexibility index (Phi) is 5.59. The van der Waals surface area contributed by atoms with E-state index in [-0.39, 0.29) is 5.91 Å². The van der Waals surface area contributed by atoms with Gasteiger partial charge in [-0.15, -0.1) is 0 Å². The number of hydrogen-bond acceptors (Lipinski definition) is 3. The number of nitrogens with one attached hydrogen (secondary N) is 2. The van der Waals surface area contributed by atoms with E-state index < -0.39 is 0 Å². The lowest BCUT2D eigenvalue weighted by Gasteiger charge is -2.28. The van der Waals surface area contributed by atoms with Crippen molar-refractivity contribution in [2.45, 2.75) is 32.6 Å². The molecule has 1 aliphatic rings. The van der Waals surface area contributed by atoms with Crippen molar-refractivity contribution in [3.05, 3.63) is 18.0 Å². The lowest BCUT2D eigenvalue weighted by molar-refractivity contribution is -0.122. The van der Waals surface area contributed by atoms with Gasteiger partial charge in [0, 0.05) is 26.2 Å². The number of hydrogen-bond donors (Lipinski definition) is 2. The summed E-state index contributed by atoms with van der Waals surface area (Å²) in [4.78, 5) is 11.9. The summed E-state index contributed by atoms with van der Waals surface area (Å²) in [6, 6.07) is 0. The molecule has 1 aromatic rings. The summed E-state index contributed by atoms with van der Waals surface area (Å²) in [5.74, 6) is 1.28. The van der Waals surface area contributed by atoms with Crippen LogP contribution in [0.4, 0.5) is 0 Å². The highest BCUT2D eigenvalue weighted by Crippen LogP contribution is 2.22. The van der Waals surface area contributed by atoms with Crippen LogP contribution in [0.15, 0.2) is 12.4 Å². The zero-order chi connectivity index (χ0) is 14.4. The van der Waals surface area contributed by atoms with Crippen molar-refractivity contribution in [2.24, 2.45) is 18.9 Å². The molecule has 1 aliphatic heterocycles. The fourth-order valence-electron chi connectivity index (χ4n) is 2.84. The molecular formula is C15H26N4O. The number of carbonyl (C=O) groups is 1. The molecule has 2 atom stereocenters. The first kappa shape index (κ1) is 15.0. The third-order valence-corrected chi connectivity index (χ3v) is 4.14. The van der Waals surface area contributed by atoms with E-state index >= 15 is 0 Å². The van der Waals surface area contributed by atoms with Crippen LogP contribution in [0.25, 0.3) is 0 Å². The maximum absolute atomic E-state index is 11.9. The number of aryl methyl sites for hydroxylation is 1. The third-order valence-electron chi connectivity index (χ3n) is 4.14. The molecule has 1 saturated heterocycles. The van der Waals surface area contributed by atoms with Gasteiger partial charge in [0.05, 0.1) is 6.20 Å². The van der Waals surface area contributed by atoms with Crippen molar-refractivity contribution in [2.75, 3.05) is 19.6 Å². The second kappa shape index (κ2) is 7.43. The van der Waals surface area contributed by atoms with E-state index in [2.05, 4.69) is 22.7 Å². The van der Waals surface area contributed by atoms with Gasteiger partial charge in [0.2, 0.25) is 5.91 Å². The highest BCUT2D eigenvalue weighted by atomic mass is 16.1. The van der Waals surface area contributed by atoms with Gasteiger partial charge in [-0.3, -0.25) is 9.48 Å². The Morgan fingerprint density at radius 1 is 1.65 bits per heavy atom. The lowest BCUT2D eigenvalue weighted by atomic mass is 9.85. The normalized spacial score (nSPS) is 20.6. The van der Waals surface area contributed by atoms with E-state index in [0.29, 0.717) is 24.8 Å². The Morgan fingerprint density at radius 3 is 3.15 bits per heavy atom. The second-order valence-electron chi connectivity index (χ2n) is 5.91. The summed E-state index contributed by atoms with van der Waals surface area (Å²) in [6.45, 7) is 5.07. The van der Waals surface area contributed by atoms with Gasteiger partial charge in [-0.25, -0.2) is 0 Å². The van der Waals surface area contributed by atoms with E-state index in [4.69, 9.17) is 0 Å². The van der Waals surface area contributed by atoms with Crippen molar-refractivity contribution in [1.29, 1.82) is 0 Å². The Morgan fingerprint density at radius 2 is 2.50 bits per heavy atom. The molecule has 1 amide bonds. The molecule has 2 N–H and O–H groups in total. The second-order valence-corrected chi connectivity index (χ2v) is 5.91. The largest absolute Gasteiger partial charge is 0.356 e. The van der Waals surface area contributed by atoms with Crippen LogP contribution < -0.4 is 10.6 Å². The summed E-state index contributed by atoms with van der Waals surface area (Å²) < 4.78 is 1.79. The van der Waals surface area contributed by atoms with Crippen LogP contribution in [0.3, 0.4) is 0 Å². The summed E-state index contributed by atoms with van der Waals surface area (Å²) in [6.07, 6.45) is 7.80. The summed E-state index contributed by atoms with van der Waals surface area (Å²) in [5, 5.41) is 10.5. The first-order valence-corrected chi connectivity index (χ1v) is 7.60. The summed E-state index contributed by atoms with van der Waals surface area (Å²) >= 11 is 0. The van der Waals surface area contributed by atoms with Gasteiger partial charge < -0.3 is 10.6 Å². The van der Waals surface area contributed by atoms with E-state index in [9.17, 15) is 4.79 Å². The highest BCUT2D eigenvalue weighted by molar-refractivity contribution is 5.76. The first-order valence-electron chi connectivity index (χ1n) is 7.60. The van der Waals surface area contributed by atoms with Gasteiger partial charge in [-0.1, -0.05) is 6.92 Å². The Labute approximate surface area is 121 Å². The van der Waals surface area contributed by atoms with Gasteiger partial charge in [-0.2, -0.15) is 5.10 Å². The topological polar surface area (TPSA) is 59.0 Å². The average molecular weight is 278 g/mol. The fourth-order valence-corrected chi connectivity index (χ4v) is 2.84. The van der Waals surface area contributed by atoms with Crippen LogP contribution in [0.2, 0.25) is 0 Å². The quantitative estimate of drug-likeness (QED) is 0.819. The van der Waals surface area contributed by atoms with Crippen LogP contribution in [0, 0.1) is 11.8 Å². The first-order chi connectivity index (χ1) is 9.65. The standard InChI is InChI=1S/C15H26N4O/c1-12(14-4-3-6-16-10-14)8-15(20)17-7-5-13-9-18-19(2)11-13/h9,11-12,14,16H,3-8,10H2,1-2H3,(H,17,20). The Hall–Kier alpha value is -1.36. The maximum atomic E-state index is 11.9. The number of carbonyl (C=O) groups excluding carboxylic acids is 1. The van der Waals surface area contributed by atoms with Crippen LogP contribution >= 0.6 is 0 Å². The summed E-state index contributed by atoms with van der Waals surface area (Å²) in [5.41, 5.74) is 1.16. The number of piperidine rings is 1. The highest BCUT2D eigenvalue weighted by Gasteiger charge is 2.21. The zero-order valence-electron chi connectivity index (χ0n) is 12.6. The predicted octanol–water partition coefficient (Wildman–Crippen LogP) is 1.10. The minimum absolute atomic E-state index is 0.173. The minimum atomic E-state index is 0.173. The van der Waals surface area contributed by atoms with Crippen molar-refractivity contribution in [1.82, 2.24) is 20.4 Å². The van der Waals surface area contributed by atoms with Crippen LogP contribution in [-0.2, 0) is 18.3 Å².